The second kappa shape index (κ2) is 13.3. The van der Waals surface area contributed by atoms with Crippen molar-refractivity contribution in [2.24, 2.45) is 0 Å². The summed E-state index contributed by atoms with van der Waals surface area (Å²) in [6.07, 6.45) is 1.92. The number of anilines is 1. The van der Waals surface area contributed by atoms with E-state index in [1.54, 1.807) is 25.1 Å². The lowest BCUT2D eigenvalue weighted by molar-refractivity contribution is -0.140. The zero-order valence-corrected chi connectivity index (χ0v) is 23.1. The molecular formula is C25H32Cl2FN3O4S. The first kappa shape index (κ1) is 29.9. The van der Waals surface area contributed by atoms with Gasteiger partial charge in [-0.25, -0.2) is 12.8 Å². The van der Waals surface area contributed by atoms with E-state index >= 15 is 0 Å². The van der Waals surface area contributed by atoms with Gasteiger partial charge >= 0.3 is 0 Å². The normalized spacial score (nSPS) is 13.1. The summed E-state index contributed by atoms with van der Waals surface area (Å²) in [7, 11) is -3.67. The quantitative estimate of drug-likeness (QED) is 0.396. The number of rotatable bonds is 12. The predicted octanol–water partition coefficient (Wildman–Crippen LogP) is 5.01. The summed E-state index contributed by atoms with van der Waals surface area (Å²) < 4.78 is 39.1. The Labute approximate surface area is 222 Å². The van der Waals surface area contributed by atoms with Crippen LogP contribution in [-0.2, 0) is 26.2 Å². The van der Waals surface area contributed by atoms with Crippen molar-refractivity contribution in [3.05, 3.63) is 63.9 Å². The maximum atomic E-state index is 13.3. The third-order valence-corrected chi connectivity index (χ3v) is 7.73. The molecule has 2 unspecified atom stereocenters. The van der Waals surface area contributed by atoms with Gasteiger partial charge in [-0.1, -0.05) is 36.2 Å². The first-order valence-corrected chi connectivity index (χ1v) is 14.2. The van der Waals surface area contributed by atoms with E-state index in [4.69, 9.17) is 23.2 Å². The van der Waals surface area contributed by atoms with Gasteiger partial charge in [-0.05, 0) is 63.1 Å². The molecule has 2 rings (SSSR count). The molecule has 0 radical (unpaired) electrons. The molecule has 0 heterocycles. The molecule has 11 heteroatoms. The summed E-state index contributed by atoms with van der Waals surface area (Å²) >= 11 is 12.6. The lowest BCUT2D eigenvalue weighted by atomic mass is 10.1. The Morgan fingerprint density at radius 2 is 1.64 bits per heavy atom. The third-order valence-electron chi connectivity index (χ3n) is 5.83. The maximum Gasteiger partial charge on any atom is 0.242 e. The van der Waals surface area contributed by atoms with Crippen molar-refractivity contribution in [1.82, 2.24) is 10.2 Å². The third kappa shape index (κ3) is 8.35. The lowest BCUT2D eigenvalue weighted by Gasteiger charge is -2.30. The highest BCUT2D eigenvalue weighted by Gasteiger charge is 2.28. The van der Waals surface area contributed by atoms with Crippen molar-refractivity contribution in [3.63, 3.8) is 0 Å². The number of halogens is 3. The highest BCUT2D eigenvalue weighted by atomic mass is 35.5. The molecule has 0 aliphatic rings. The van der Waals surface area contributed by atoms with Gasteiger partial charge in [0, 0.05) is 41.2 Å². The molecule has 0 fully saturated rings. The fourth-order valence-electron chi connectivity index (χ4n) is 3.51. The maximum absolute atomic E-state index is 13.3. The molecule has 0 aromatic heterocycles. The number of benzene rings is 2. The molecular weight excluding hydrogens is 528 g/mol. The highest BCUT2D eigenvalue weighted by Crippen LogP contribution is 2.27. The summed E-state index contributed by atoms with van der Waals surface area (Å²) in [5, 5.41) is 3.62. The Morgan fingerprint density at radius 3 is 2.17 bits per heavy atom. The highest BCUT2D eigenvalue weighted by molar-refractivity contribution is 7.92. The number of amides is 2. The smallest absolute Gasteiger partial charge is 0.242 e. The Hall–Kier alpha value is -2.36. The van der Waals surface area contributed by atoms with E-state index in [-0.39, 0.29) is 43.8 Å². The van der Waals surface area contributed by atoms with Crippen LogP contribution in [0.1, 0.15) is 45.6 Å². The van der Waals surface area contributed by atoms with Crippen LogP contribution in [0.15, 0.2) is 42.5 Å². The molecule has 0 saturated carbocycles. The molecule has 2 aromatic carbocycles. The lowest BCUT2D eigenvalue weighted by Crippen LogP contribution is -2.49. The van der Waals surface area contributed by atoms with Crippen LogP contribution in [0.3, 0.4) is 0 Å². The van der Waals surface area contributed by atoms with Crippen molar-refractivity contribution in [2.45, 2.75) is 58.7 Å². The first-order valence-electron chi connectivity index (χ1n) is 11.6. The number of nitrogens with zero attached hydrogens (tertiary/aromatic N) is 2. The molecule has 36 heavy (non-hydrogen) atoms. The summed E-state index contributed by atoms with van der Waals surface area (Å²) in [4.78, 5) is 27.6. The molecule has 0 spiro atoms. The predicted molar refractivity (Wildman–Crippen MR) is 142 cm³/mol. The van der Waals surface area contributed by atoms with Gasteiger partial charge in [-0.15, -0.1) is 0 Å². The summed E-state index contributed by atoms with van der Waals surface area (Å²) in [6, 6.07) is 9.19. The van der Waals surface area contributed by atoms with Gasteiger partial charge in [-0.2, -0.15) is 0 Å². The fourth-order valence-corrected chi connectivity index (χ4v) is 5.00. The topological polar surface area (TPSA) is 86.8 Å². The van der Waals surface area contributed by atoms with E-state index in [9.17, 15) is 22.4 Å². The summed E-state index contributed by atoms with van der Waals surface area (Å²) in [5.41, 5.74) is 0.814. The minimum atomic E-state index is -3.67. The van der Waals surface area contributed by atoms with Gasteiger partial charge in [0.25, 0.3) is 0 Å². The van der Waals surface area contributed by atoms with E-state index in [0.717, 1.165) is 17.0 Å². The molecule has 2 atom stereocenters. The van der Waals surface area contributed by atoms with Gasteiger partial charge in [0.1, 0.15) is 11.9 Å². The zero-order chi connectivity index (χ0) is 27.0. The van der Waals surface area contributed by atoms with Gasteiger partial charge < -0.3 is 10.2 Å². The SMILES string of the molecule is CCC(C)NC(=O)C(C)N(Cc1c(Cl)cccc1Cl)C(=O)CCCN(c1ccc(F)cc1)S(C)(=O)=O. The first-order chi connectivity index (χ1) is 16.8. The second-order valence-electron chi connectivity index (χ2n) is 8.63. The average Bonchev–Trinajstić information content (AvgIpc) is 2.81. The Kier molecular flexibility index (Phi) is 11.0. The van der Waals surface area contributed by atoms with Crippen LogP contribution in [0.2, 0.25) is 10.0 Å². The number of carbonyl (C=O) groups is 2. The summed E-state index contributed by atoms with van der Waals surface area (Å²) in [5.74, 6) is -1.16. The van der Waals surface area contributed by atoms with E-state index < -0.39 is 21.9 Å². The number of sulfonamides is 1. The number of carbonyl (C=O) groups excluding carboxylic acids is 2. The number of hydrogen-bond donors (Lipinski definition) is 1. The Balaban J connectivity index is 2.22. The van der Waals surface area contributed by atoms with Crippen molar-refractivity contribution in [3.8, 4) is 0 Å². The van der Waals surface area contributed by atoms with Crippen molar-refractivity contribution >= 4 is 50.7 Å². The Bertz CT molecular complexity index is 1140. The van der Waals surface area contributed by atoms with Crippen molar-refractivity contribution < 1.29 is 22.4 Å². The van der Waals surface area contributed by atoms with Crippen LogP contribution in [-0.4, -0.2) is 50.0 Å². The molecule has 0 aliphatic heterocycles. The van der Waals surface area contributed by atoms with Crippen LogP contribution in [0.25, 0.3) is 0 Å². The minimum Gasteiger partial charge on any atom is -0.352 e. The monoisotopic (exact) mass is 559 g/mol. The summed E-state index contributed by atoms with van der Waals surface area (Å²) in [6.45, 7) is 5.46. The van der Waals surface area contributed by atoms with Crippen molar-refractivity contribution in [2.75, 3.05) is 17.1 Å². The molecule has 7 nitrogen and oxygen atoms in total. The largest absolute Gasteiger partial charge is 0.352 e. The van der Waals surface area contributed by atoms with Crippen LogP contribution < -0.4 is 9.62 Å². The van der Waals surface area contributed by atoms with Crippen LogP contribution in [0.5, 0.6) is 0 Å². The molecule has 198 valence electrons. The molecule has 2 amide bonds. The van der Waals surface area contributed by atoms with E-state index in [0.29, 0.717) is 21.3 Å². The number of nitrogens with one attached hydrogen (secondary N) is 1. The zero-order valence-electron chi connectivity index (χ0n) is 20.8. The van der Waals surface area contributed by atoms with E-state index in [1.165, 1.54) is 29.2 Å². The molecule has 1 N–H and O–H groups in total. The van der Waals surface area contributed by atoms with Gasteiger partial charge in [0.2, 0.25) is 21.8 Å². The van der Waals surface area contributed by atoms with Gasteiger partial charge in [-0.3, -0.25) is 13.9 Å². The minimum absolute atomic E-state index is 0.00431. The molecule has 0 saturated heterocycles. The van der Waals surface area contributed by atoms with Gasteiger partial charge in [0.15, 0.2) is 0 Å². The second-order valence-corrected chi connectivity index (χ2v) is 11.4. The van der Waals surface area contributed by atoms with E-state index in [1.807, 2.05) is 13.8 Å². The Morgan fingerprint density at radius 1 is 1.06 bits per heavy atom. The standard InChI is InChI=1S/C25H32Cl2FN3O4S/c1-5-17(2)29-25(33)18(3)30(16-21-22(26)8-6-9-23(21)27)24(32)10-7-15-31(36(4,34)35)20-13-11-19(28)12-14-20/h6,8-9,11-14,17-18H,5,7,10,15-16H2,1-4H3,(H,29,33). The van der Waals surface area contributed by atoms with Crippen LogP contribution in [0.4, 0.5) is 10.1 Å². The average molecular weight is 561 g/mol. The molecule has 2 aromatic rings. The van der Waals surface area contributed by atoms with E-state index in [2.05, 4.69) is 5.32 Å². The van der Waals surface area contributed by atoms with Crippen LogP contribution in [0, 0.1) is 5.82 Å². The number of hydrogen-bond acceptors (Lipinski definition) is 4. The van der Waals surface area contributed by atoms with Crippen LogP contribution >= 0.6 is 23.2 Å². The fraction of sp³-hybridized carbons (Fsp3) is 0.440. The molecule has 0 bridgehead atoms. The van der Waals surface area contributed by atoms with Gasteiger partial charge in [0.05, 0.1) is 11.9 Å². The molecule has 0 aliphatic carbocycles. The van der Waals surface area contributed by atoms with Crippen molar-refractivity contribution in [1.29, 1.82) is 0 Å².